The molecule has 0 aromatic heterocycles. The van der Waals surface area contributed by atoms with Gasteiger partial charge in [-0.15, -0.1) is 0 Å². The number of esters is 1. The zero-order valence-electron chi connectivity index (χ0n) is 43.8. The summed E-state index contributed by atoms with van der Waals surface area (Å²) in [7, 11) is 0. The topological polar surface area (TPSA) is 175 Å². The van der Waals surface area contributed by atoms with E-state index in [1.54, 1.807) is 6.08 Å². The molecule has 7 unspecified atom stereocenters. The van der Waals surface area contributed by atoms with Gasteiger partial charge in [-0.05, 0) is 96.3 Å². The highest BCUT2D eigenvalue weighted by Gasteiger charge is 2.44. The SMILES string of the molecule is CCCCC/C=C/CC/C=C/CC/C=C/C(O)C(COC1OC(CO)C(O)C(O)C1O)NC(=O)CCCCCCCCC/C=C\C/C=C\CCCCCOC(=O)CCCCCCCCCCCCC. The van der Waals surface area contributed by atoms with Crippen molar-refractivity contribution in [2.75, 3.05) is 19.8 Å². The molecule has 69 heavy (non-hydrogen) atoms. The predicted molar refractivity (Wildman–Crippen MR) is 283 cm³/mol. The van der Waals surface area contributed by atoms with Crippen molar-refractivity contribution in [3.8, 4) is 0 Å². The maximum absolute atomic E-state index is 13.0. The van der Waals surface area contributed by atoms with Crippen LogP contribution in [0.3, 0.4) is 0 Å². The Morgan fingerprint density at radius 1 is 0.536 bits per heavy atom. The number of hydrogen-bond donors (Lipinski definition) is 6. The Balaban J connectivity index is 2.19. The van der Waals surface area contributed by atoms with E-state index < -0.39 is 49.5 Å². The summed E-state index contributed by atoms with van der Waals surface area (Å²) in [5.41, 5.74) is 0. The second-order valence-electron chi connectivity index (χ2n) is 19.3. The summed E-state index contributed by atoms with van der Waals surface area (Å²) < 4.78 is 16.6. The number of nitrogens with one attached hydrogen (secondary N) is 1. The molecule has 400 valence electrons. The van der Waals surface area contributed by atoms with Gasteiger partial charge >= 0.3 is 5.97 Å². The van der Waals surface area contributed by atoms with E-state index in [4.69, 9.17) is 14.2 Å². The fraction of sp³-hybridized carbons (Fsp3) is 0.793. The molecule has 1 rings (SSSR count). The van der Waals surface area contributed by atoms with Gasteiger partial charge in [0.25, 0.3) is 0 Å². The molecule has 1 aliphatic heterocycles. The summed E-state index contributed by atoms with van der Waals surface area (Å²) in [6.45, 7) is 4.21. The molecule has 0 spiro atoms. The Morgan fingerprint density at radius 3 is 1.55 bits per heavy atom. The highest BCUT2D eigenvalue weighted by Crippen LogP contribution is 2.23. The number of rotatable bonds is 47. The minimum absolute atomic E-state index is 0.0348. The molecule has 0 bridgehead atoms. The number of carbonyl (C=O) groups is 2. The maximum atomic E-state index is 13.0. The van der Waals surface area contributed by atoms with Crippen molar-refractivity contribution in [3.05, 3.63) is 60.8 Å². The minimum Gasteiger partial charge on any atom is -0.466 e. The van der Waals surface area contributed by atoms with Crippen LogP contribution in [0.25, 0.3) is 0 Å². The lowest BCUT2D eigenvalue weighted by Crippen LogP contribution is -2.60. The van der Waals surface area contributed by atoms with E-state index in [1.165, 1.54) is 96.3 Å². The quantitative estimate of drug-likeness (QED) is 0.0196. The zero-order valence-corrected chi connectivity index (χ0v) is 43.8. The largest absolute Gasteiger partial charge is 0.466 e. The number of carbonyl (C=O) groups excluding carboxylic acids is 2. The average Bonchev–Trinajstić information content (AvgIpc) is 3.34. The number of aliphatic hydroxyl groups is 5. The normalized spacial score (nSPS) is 19.8. The van der Waals surface area contributed by atoms with Crippen LogP contribution in [-0.2, 0) is 23.8 Å². The first-order chi connectivity index (χ1) is 33.7. The Morgan fingerprint density at radius 2 is 0.986 bits per heavy atom. The Kier molecular flexibility index (Phi) is 44.5. The van der Waals surface area contributed by atoms with Crippen LogP contribution < -0.4 is 5.32 Å². The summed E-state index contributed by atoms with van der Waals surface area (Å²) in [5.74, 6) is -0.249. The molecular formula is C58H103NO10. The Hall–Kier alpha value is -2.64. The molecule has 0 aromatic rings. The summed E-state index contributed by atoms with van der Waals surface area (Å²) in [6, 6.07) is -0.847. The molecule has 1 fully saturated rings. The summed E-state index contributed by atoms with van der Waals surface area (Å²) in [6.07, 6.45) is 50.2. The molecule has 1 aliphatic rings. The van der Waals surface area contributed by atoms with Gasteiger partial charge in [0.2, 0.25) is 5.91 Å². The van der Waals surface area contributed by atoms with Crippen LogP contribution in [0.1, 0.15) is 232 Å². The van der Waals surface area contributed by atoms with Crippen molar-refractivity contribution in [1.29, 1.82) is 0 Å². The van der Waals surface area contributed by atoms with E-state index in [0.29, 0.717) is 25.9 Å². The third-order valence-electron chi connectivity index (χ3n) is 12.8. The zero-order chi connectivity index (χ0) is 50.3. The van der Waals surface area contributed by atoms with Gasteiger partial charge in [-0.3, -0.25) is 9.59 Å². The van der Waals surface area contributed by atoms with Crippen LogP contribution >= 0.6 is 0 Å². The molecule has 6 N–H and O–H groups in total. The fourth-order valence-electron chi connectivity index (χ4n) is 8.32. The fourth-order valence-corrected chi connectivity index (χ4v) is 8.32. The van der Waals surface area contributed by atoms with E-state index in [-0.39, 0.29) is 18.5 Å². The van der Waals surface area contributed by atoms with Gasteiger partial charge in [-0.2, -0.15) is 0 Å². The number of hydrogen-bond acceptors (Lipinski definition) is 10. The van der Waals surface area contributed by atoms with Gasteiger partial charge in [0.1, 0.15) is 24.4 Å². The third-order valence-corrected chi connectivity index (χ3v) is 12.8. The van der Waals surface area contributed by atoms with Crippen molar-refractivity contribution in [2.45, 2.75) is 275 Å². The van der Waals surface area contributed by atoms with E-state index >= 15 is 0 Å². The second kappa shape index (κ2) is 47.7. The Bertz CT molecular complexity index is 1330. The van der Waals surface area contributed by atoms with Crippen LogP contribution in [0.2, 0.25) is 0 Å². The van der Waals surface area contributed by atoms with Crippen LogP contribution in [-0.4, -0.2) is 100 Å². The van der Waals surface area contributed by atoms with Crippen molar-refractivity contribution >= 4 is 11.9 Å². The van der Waals surface area contributed by atoms with Gasteiger partial charge in [-0.25, -0.2) is 0 Å². The molecule has 0 saturated carbocycles. The van der Waals surface area contributed by atoms with Crippen LogP contribution in [0.5, 0.6) is 0 Å². The summed E-state index contributed by atoms with van der Waals surface area (Å²) in [4.78, 5) is 25.0. The Labute approximate surface area is 420 Å². The average molecular weight is 974 g/mol. The number of ether oxygens (including phenoxy) is 3. The van der Waals surface area contributed by atoms with Gasteiger partial charge in [0.05, 0.1) is 32.0 Å². The van der Waals surface area contributed by atoms with Gasteiger partial charge in [-0.1, -0.05) is 184 Å². The summed E-state index contributed by atoms with van der Waals surface area (Å²) in [5, 5.41) is 54.3. The summed E-state index contributed by atoms with van der Waals surface area (Å²) >= 11 is 0. The molecule has 1 saturated heterocycles. The number of unbranched alkanes of at least 4 members (excludes halogenated alkanes) is 25. The van der Waals surface area contributed by atoms with Gasteiger partial charge in [0, 0.05) is 12.8 Å². The predicted octanol–water partition coefficient (Wildman–Crippen LogP) is 12.3. The van der Waals surface area contributed by atoms with E-state index in [1.807, 2.05) is 6.08 Å². The third kappa shape index (κ3) is 37.8. The van der Waals surface area contributed by atoms with Gasteiger partial charge < -0.3 is 45.1 Å². The lowest BCUT2D eigenvalue weighted by molar-refractivity contribution is -0.302. The first-order valence-corrected chi connectivity index (χ1v) is 28.1. The van der Waals surface area contributed by atoms with Crippen LogP contribution in [0.15, 0.2) is 60.8 Å². The second-order valence-corrected chi connectivity index (χ2v) is 19.3. The van der Waals surface area contributed by atoms with Crippen LogP contribution in [0, 0.1) is 0 Å². The lowest BCUT2D eigenvalue weighted by Gasteiger charge is -2.40. The standard InChI is InChI=1S/C58H103NO10/c1-3-5-7-9-11-13-15-21-25-28-32-36-40-44-51(61)50(49-68-58-57(66)56(65)55(64)52(48-60)69-58)59-53(62)45-41-37-33-29-26-22-19-17-16-18-20-23-27-31-35-39-43-47-67-54(63)46-42-38-34-30-24-14-12-10-8-6-4-2/h11,13,16,18,23,25,27-28,40,44,50-52,55-58,60-61,64-66H,3-10,12,14-15,17,19-22,24,26,29-39,41-43,45-49H2,1-2H3,(H,59,62)/b13-11+,18-16-,27-23-,28-25+,44-40+. The lowest BCUT2D eigenvalue weighted by atomic mass is 9.99. The van der Waals surface area contributed by atoms with Crippen LogP contribution in [0.4, 0.5) is 0 Å². The smallest absolute Gasteiger partial charge is 0.305 e. The molecule has 0 aromatic carbocycles. The maximum Gasteiger partial charge on any atom is 0.305 e. The van der Waals surface area contributed by atoms with E-state index in [2.05, 4.69) is 67.8 Å². The molecule has 0 radical (unpaired) electrons. The molecule has 0 aliphatic carbocycles. The first-order valence-electron chi connectivity index (χ1n) is 28.1. The van der Waals surface area contributed by atoms with Crippen molar-refractivity contribution in [3.63, 3.8) is 0 Å². The molecule has 1 heterocycles. The molecule has 11 heteroatoms. The van der Waals surface area contributed by atoms with Crippen molar-refractivity contribution < 1.29 is 49.3 Å². The van der Waals surface area contributed by atoms with Crippen molar-refractivity contribution in [2.24, 2.45) is 0 Å². The van der Waals surface area contributed by atoms with Crippen molar-refractivity contribution in [1.82, 2.24) is 5.32 Å². The minimum atomic E-state index is -1.59. The van der Waals surface area contributed by atoms with Gasteiger partial charge in [0.15, 0.2) is 6.29 Å². The highest BCUT2D eigenvalue weighted by molar-refractivity contribution is 5.76. The first kappa shape index (κ1) is 64.4. The number of aliphatic hydroxyl groups excluding tert-OH is 5. The van der Waals surface area contributed by atoms with E-state index in [9.17, 15) is 35.1 Å². The molecule has 11 nitrogen and oxygen atoms in total. The van der Waals surface area contributed by atoms with E-state index in [0.717, 1.165) is 103 Å². The number of amides is 1. The molecule has 1 amide bonds. The number of allylic oxidation sites excluding steroid dienone is 9. The molecule has 7 atom stereocenters. The monoisotopic (exact) mass is 974 g/mol. The molecular weight excluding hydrogens is 871 g/mol. The highest BCUT2D eigenvalue weighted by atomic mass is 16.7.